The van der Waals surface area contributed by atoms with Crippen molar-refractivity contribution < 1.29 is 14.9 Å². The smallest absolute Gasteiger partial charge is 0.0814 e. The lowest BCUT2D eigenvalue weighted by atomic mass is 10.0. The van der Waals surface area contributed by atoms with Gasteiger partial charge in [-0.3, -0.25) is 0 Å². The highest BCUT2D eigenvalue weighted by atomic mass is 16.5. The van der Waals surface area contributed by atoms with Crippen molar-refractivity contribution in [3.63, 3.8) is 0 Å². The zero-order chi connectivity index (χ0) is 16.3. The number of rotatable bonds is 9. The monoisotopic (exact) mass is 312 g/mol. The minimum atomic E-state index is -0.631. The van der Waals surface area contributed by atoms with E-state index in [1.54, 1.807) is 0 Å². The molecule has 3 heteroatoms. The van der Waals surface area contributed by atoms with Crippen molar-refractivity contribution in [2.24, 2.45) is 0 Å². The number of aliphatic hydroxyl groups excluding tert-OH is 2. The lowest BCUT2D eigenvalue weighted by Gasteiger charge is -2.14. The molecular weight excluding hydrogens is 288 g/mol. The maximum Gasteiger partial charge on any atom is 0.0814 e. The molecule has 0 amide bonds. The maximum absolute atomic E-state index is 10.0. The Bertz CT molecular complexity index is 566. The van der Waals surface area contributed by atoms with Crippen molar-refractivity contribution in [3.05, 3.63) is 83.9 Å². The molecule has 2 rings (SSSR count). The second-order valence-corrected chi connectivity index (χ2v) is 5.52. The summed E-state index contributed by atoms with van der Waals surface area (Å²) in [7, 11) is 0. The highest BCUT2D eigenvalue weighted by Crippen LogP contribution is 2.19. The third-order valence-corrected chi connectivity index (χ3v) is 3.58. The van der Waals surface area contributed by atoms with Crippen LogP contribution in [0, 0.1) is 0 Å². The molecular formula is C20H24O3. The van der Waals surface area contributed by atoms with E-state index in [2.05, 4.69) is 0 Å². The van der Waals surface area contributed by atoms with E-state index >= 15 is 0 Å². The lowest BCUT2D eigenvalue weighted by molar-refractivity contribution is 0.0820. The Balaban J connectivity index is 1.61. The molecule has 0 unspecified atom stereocenters. The Morgan fingerprint density at radius 2 is 1.52 bits per heavy atom. The van der Waals surface area contributed by atoms with Crippen LogP contribution in [0.4, 0.5) is 0 Å². The summed E-state index contributed by atoms with van der Waals surface area (Å²) in [6.07, 6.45) is 3.45. The molecule has 0 fully saturated rings. The number of benzene rings is 2. The van der Waals surface area contributed by atoms with Crippen LogP contribution in [0.15, 0.2) is 72.8 Å². The molecule has 122 valence electrons. The van der Waals surface area contributed by atoms with E-state index in [0.29, 0.717) is 26.1 Å². The third-order valence-electron chi connectivity index (χ3n) is 3.58. The molecule has 0 heterocycles. The SMILES string of the molecule is O[C@@H](C/C=C\COCc1ccccc1)C[C@@H](O)c1ccccc1. The van der Waals surface area contributed by atoms with Crippen LogP contribution >= 0.6 is 0 Å². The van der Waals surface area contributed by atoms with Gasteiger partial charge in [0.15, 0.2) is 0 Å². The standard InChI is InChI=1S/C20H24O3/c21-19(15-20(22)18-11-5-2-6-12-18)13-7-8-14-23-16-17-9-3-1-4-10-17/h1-12,19-22H,13-16H2/b8-7-/t19-,20+/m0/s1. The number of hydrogen-bond acceptors (Lipinski definition) is 3. The Morgan fingerprint density at radius 1 is 0.870 bits per heavy atom. The minimum Gasteiger partial charge on any atom is -0.393 e. The minimum absolute atomic E-state index is 0.333. The highest BCUT2D eigenvalue weighted by molar-refractivity contribution is 5.17. The van der Waals surface area contributed by atoms with E-state index in [9.17, 15) is 10.2 Å². The molecule has 0 saturated carbocycles. The van der Waals surface area contributed by atoms with Gasteiger partial charge in [-0.25, -0.2) is 0 Å². The fraction of sp³-hybridized carbons (Fsp3) is 0.300. The normalized spacial score (nSPS) is 14.0. The van der Waals surface area contributed by atoms with Gasteiger partial charge in [-0.15, -0.1) is 0 Å². The molecule has 23 heavy (non-hydrogen) atoms. The van der Waals surface area contributed by atoms with Gasteiger partial charge in [0.25, 0.3) is 0 Å². The summed E-state index contributed by atoms with van der Waals surface area (Å²) < 4.78 is 5.53. The average Bonchev–Trinajstić information content (AvgIpc) is 2.59. The van der Waals surface area contributed by atoms with E-state index < -0.39 is 12.2 Å². The van der Waals surface area contributed by atoms with Gasteiger partial charge in [0.1, 0.15) is 0 Å². The van der Waals surface area contributed by atoms with E-state index in [1.165, 1.54) is 0 Å². The predicted octanol–water partition coefficient (Wildman–Crippen LogP) is 3.63. The predicted molar refractivity (Wildman–Crippen MR) is 91.9 cm³/mol. The summed E-state index contributed by atoms with van der Waals surface area (Å²) in [5, 5.41) is 20.0. The Hall–Kier alpha value is -1.94. The van der Waals surface area contributed by atoms with Gasteiger partial charge in [0, 0.05) is 6.42 Å². The molecule has 0 aliphatic heterocycles. The van der Waals surface area contributed by atoms with Crippen molar-refractivity contribution in [2.75, 3.05) is 6.61 Å². The number of hydrogen-bond donors (Lipinski definition) is 2. The van der Waals surface area contributed by atoms with Gasteiger partial charge in [-0.1, -0.05) is 72.8 Å². The lowest BCUT2D eigenvalue weighted by Crippen LogP contribution is -2.11. The summed E-state index contributed by atoms with van der Waals surface area (Å²) >= 11 is 0. The first-order valence-electron chi connectivity index (χ1n) is 7.93. The molecule has 0 radical (unpaired) electrons. The van der Waals surface area contributed by atoms with Crippen LogP contribution in [0.25, 0.3) is 0 Å². The second kappa shape index (κ2) is 9.95. The van der Waals surface area contributed by atoms with Gasteiger partial charge >= 0.3 is 0 Å². The van der Waals surface area contributed by atoms with E-state index in [-0.39, 0.29) is 0 Å². The average molecular weight is 312 g/mol. The Kier molecular flexibility index (Phi) is 7.54. The van der Waals surface area contributed by atoms with Crippen molar-refractivity contribution in [1.82, 2.24) is 0 Å². The summed E-state index contributed by atoms with van der Waals surface area (Å²) in [5.41, 5.74) is 1.98. The molecule has 2 atom stereocenters. The topological polar surface area (TPSA) is 49.7 Å². The Morgan fingerprint density at radius 3 is 2.22 bits per heavy atom. The van der Waals surface area contributed by atoms with Gasteiger partial charge in [0.2, 0.25) is 0 Å². The fourth-order valence-corrected chi connectivity index (χ4v) is 2.31. The first-order valence-corrected chi connectivity index (χ1v) is 7.93. The van der Waals surface area contributed by atoms with Gasteiger partial charge in [-0.05, 0) is 17.5 Å². The van der Waals surface area contributed by atoms with Crippen molar-refractivity contribution >= 4 is 0 Å². The van der Waals surface area contributed by atoms with Crippen LogP contribution in [-0.4, -0.2) is 22.9 Å². The van der Waals surface area contributed by atoms with Crippen LogP contribution in [0.2, 0.25) is 0 Å². The zero-order valence-electron chi connectivity index (χ0n) is 13.2. The second-order valence-electron chi connectivity index (χ2n) is 5.52. The number of ether oxygens (including phenoxy) is 1. The van der Waals surface area contributed by atoms with Crippen molar-refractivity contribution in [3.8, 4) is 0 Å². The molecule has 0 bridgehead atoms. The summed E-state index contributed by atoms with van der Waals surface area (Å²) in [5.74, 6) is 0. The summed E-state index contributed by atoms with van der Waals surface area (Å²) in [6.45, 7) is 1.10. The van der Waals surface area contributed by atoms with Gasteiger partial charge < -0.3 is 14.9 Å². The molecule has 0 saturated heterocycles. The van der Waals surface area contributed by atoms with Crippen molar-refractivity contribution in [2.45, 2.75) is 31.7 Å². The molecule has 2 N–H and O–H groups in total. The largest absolute Gasteiger partial charge is 0.393 e. The molecule has 2 aromatic carbocycles. The highest BCUT2D eigenvalue weighted by Gasteiger charge is 2.12. The molecule has 2 aromatic rings. The Labute approximate surface area is 137 Å². The molecule has 0 aromatic heterocycles. The van der Waals surface area contributed by atoms with Crippen LogP contribution in [0.3, 0.4) is 0 Å². The molecule has 0 aliphatic rings. The van der Waals surface area contributed by atoms with Crippen LogP contribution in [0.5, 0.6) is 0 Å². The van der Waals surface area contributed by atoms with Crippen LogP contribution < -0.4 is 0 Å². The first kappa shape index (κ1) is 17.4. The van der Waals surface area contributed by atoms with Gasteiger partial charge in [0.05, 0.1) is 25.4 Å². The molecule has 3 nitrogen and oxygen atoms in total. The quantitative estimate of drug-likeness (QED) is 0.549. The fourth-order valence-electron chi connectivity index (χ4n) is 2.31. The zero-order valence-corrected chi connectivity index (χ0v) is 13.2. The number of aliphatic hydroxyl groups is 2. The molecule has 0 spiro atoms. The first-order chi connectivity index (χ1) is 11.3. The van der Waals surface area contributed by atoms with E-state index in [1.807, 2.05) is 72.8 Å². The van der Waals surface area contributed by atoms with E-state index in [0.717, 1.165) is 11.1 Å². The summed E-state index contributed by atoms with van der Waals surface area (Å²) in [4.78, 5) is 0. The maximum atomic E-state index is 10.0. The van der Waals surface area contributed by atoms with Gasteiger partial charge in [-0.2, -0.15) is 0 Å². The summed E-state index contributed by atoms with van der Waals surface area (Å²) in [6, 6.07) is 19.4. The van der Waals surface area contributed by atoms with E-state index in [4.69, 9.17) is 4.74 Å². The molecule has 0 aliphatic carbocycles. The third kappa shape index (κ3) is 6.78. The van der Waals surface area contributed by atoms with Crippen LogP contribution in [-0.2, 0) is 11.3 Å². The van der Waals surface area contributed by atoms with Crippen molar-refractivity contribution in [1.29, 1.82) is 0 Å². The van der Waals surface area contributed by atoms with Crippen LogP contribution in [0.1, 0.15) is 30.1 Å².